The van der Waals surface area contributed by atoms with Gasteiger partial charge in [0.1, 0.15) is 29.2 Å². The van der Waals surface area contributed by atoms with Gasteiger partial charge in [-0.15, -0.1) is 34.7 Å². The number of carbonyl (C=O) groups is 4. The van der Waals surface area contributed by atoms with Crippen molar-refractivity contribution in [1.82, 2.24) is 20.5 Å². The van der Waals surface area contributed by atoms with Gasteiger partial charge in [0.05, 0.1) is 5.51 Å². The number of hydrogen-bond donors (Lipinski definition) is 3. The minimum atomic E-state index is -1.16. The van der Waals surface area contributed by atoms with Crippen molar-refractivity contribution >= 4 is 64.6 Å². The third-order valence-corrected chi connectivity index (χ3v) is 6.41. The first kappa shape index (κ1) is 22.1. The summed E-state index contributed by atoms with van der Waals surface area (Å²) in [6.45, 7) is 3.70. The molecule has 3 unspecified atom stereocenters. The molecule has 0 saturated carbocycles. The van der Waals surface area contributed by atoms with Gasteiger partial charge in [0.2, 0.25) is 18.0 Å². The molecule has 0 radical (unpaired) electrons. The van der Waals surface area contributed by atoms with Gasteiger partial charge < -0.3 is 25.5 Å². The van der Waals surface area contributed by atoms with E-state index >= 15 is 0 Å². The average molecular weight is 474 g/mol. The molecule has 3 N–H and O–H groups in total. The second-order valence-corrected chi connectivity index (χ2v) is 8.26. The van der Waals surface area contributed by atoms with Crippen molar-refractivity contribution in [2.24, 2.45) is 5.16 Å². The van der Waals surface area contributed by atoms with Crippen LogP contribution in [0.4, 0.5) is 0 Å². The molecule has 30 heavy (non-hydrogen) atoms. The Morgan fingerprint density at radius 3 is 2.93 bits per heavy atom. The molecule has 0 bridgehead atoms. The molecule has 1 aromatic rings. The lowest BCUT2D eigenvalue weighted by Gasteiger charge is -2.52. The number of carboxylic acid groups (broad SMARTS) is 1. The van der Waals surface area contributed by atoms with E-state index in [1.807, 2.05) is 0 Å². The Bertz CT molecular complexity index is 895. The van der Waals surface area contributed by atoms with Gasteiger partial charge in [-0.1, -0.05) is 11.7 Å². The molecule has 11 nitrogen and oxygen atoms in total. The fourth-order valence-corrected chi connectivity index (χ4v) is 4.80. The van der Waals surface area contributed by atoms with Gasteiger partial charge in [0, 0.05) is 11.1 Å². The smallest absolute Gasteiger partial charge is 0.330 e. The number of nitrogens with one attached hydrogen (secondary N) is 2. The molecular formula is C16H16ClN5O6S2. The third kappa shape index (κ3) is 4.57. The van der Waals surface area contributed by atoms with E-state index in [9.17, 15) is 24.3 Å². The Morgan fingerprint density at radius 2 is 2.30 bits per heavy atom. The number of rotatable bonds is 8. The second kappa shape index (κ2) is 9.45. The van der Waals surface area contributed by atoms with Crippen molar-refractivity contribution in [3.05, 3.63) is 28.7 Å². The van der Waals surface area contributed by atoms with Crippen LogP contribution >= 0.6 is 34.7 Å². The maximum Gasteiger partial charge on any atom is 0.330 e. The highest BCUT2D eigenvalue weighted by Gasteiger charge is 2.56. The van der Waals surface area contributed by atoms with Crippen molar-refractivity contribution in [3.8, 4) is 0 Å². The largest absolute Gasteiger partial charge is 0.479 e. The lowest BCUT2D eigenvalue weighted by atomic mass is 9.99. The van der Waals surface area contributed by atoms with Crippen LogP contribution in [0.15, 0.2) is 28.2 Å². The minimum Gasteiger partial charge on any atom is -0.479 e. The standard InChI is InChI=1S/C16H16ClN5O6S2/c1-7-4-30-15-11(14(25)22(15)12(7)16(26)27)20-10(24)3-19-28-13(21-9(23)2-17)8-5-29-6-18-8/h3,5-6,11-13,15H,1-2,4H2,(H,20,24)(H,21,23)(H,26,27)/t11?,12?,13?,15-/m0/s1. The predicted octanol–water partition coefficient (Wildman–Crippen LogP) is -0.0916. The first-order chi connectivity index (χ1) is 14.3. The molecule has 0 spiro atoms. The number of hydrogen-bond acceptors (Lipinski definition) is 9. The van der Waals surface area contributed by atoms with E-state index in [1.54, 1.807) is 5.38 Å². The zero-order chi connectivity index (χ0) is 21.8. The second-order valence-electron chi connectivity index (χ2n) is 6.17. The number of halogens is 1. The van der Waals surface area contributed by atoms with Gasteiger partial charge in [0.15, 0.2) is 6.04 Å². The van der Waals surface area contributed by atoms with Crippen LogP contribution < -0.4 is 10.6 Å². The van der Waals surface area contributed by atoms with Gasteiger partial charge in [-0.2, -0.15) is 0 Å². The van der Waals surface area contributed by atoms with E-state index in [1.165, 1.54) is 33.5 Å². The van der Waals surface area contributed by atoms with Crippen molar-refractivity contribution < 1.29 is 29.1 Å². The number of β-lactam (4-membered cyclic amide) rings is 1. The highest BCUT2D eigenvalue weighted by atomic mass is 35.5. The van der Waals surface area contributed by atoms with Gasteiger partial charge in [-0.3, -0.25) is 14.4 Å². The SMILES string of the molecule is C=C1CS[C@H]2C(NC(=O)C=NOC(NC(=O)CCl)c3cscn3)C(=O)N2C1C(=O)O. The summed E-state index contributed by atoms with van der Waals surface area (Å²) in [5.74, 6) is -2.84. The van der Waals surface area contributed by atoms with E-state index in [0.717, 1.165) is 6.21 Å². The fraction of sp³-hybridized carbons (Fsp3) is 0.375. The van der Waals surface area contributed by atoms with E-state index in [0.29, 0.717) is 17.0 Å². The topological polar surface area (TPSA) is 150 Å². The molecule has 160 valence electrons. The third-order valence-electron chi connectivity index (χ3n) is 4.19. The number of thiazole rings is 1. The van der Waals surface area contributed by atoms with Crippen molar-refractivity contribution in [2.45, 2.75) is 23.7 Å². The molecular weight excluding hydrogens is 458 g/mol. The van der Waals surface area contributed by atoms with E-state index < -0.39 is 47.4 Å². The number of nitrogens with zero attached hydrogens (tertiary/aromatic N) is 3. The van der Waals surface area contributed by atoms with Gasteiger partial charge in [0.25, 0.3) is 5.91 Å². The zero-order valence-electron chi connectivity index (χ0n) is 15.2. The van der Waals surface area contributed by atoms with Crippen LogP contribution in [-0.2, 0) is 24.0 Å². The van der Waals surface area contributed by atoms with Crippen LogP contribution in [0.5, 0.6) is 0 Å². The van der Waals surface area contributed by atoms with Gasteiger partial charge in [-0.25, -0.2) is 9.78 Å². The maximum absolute atomic E-state index is 12.3. The van der Waals surface area contributed by atoms with Crippen molar-refractivity contribution in [3.63, 3.8) is 0 Å². The lowest BCUT2D eigenvalue weighted by molar-refractivity contribution is -0.159. The summed E-state index contributed by atoms with van der Waals surface area (Å²) in [6, 6.07) is -1.98. The quantitative estimate of drug-likeness (QED) is 0.118. The molecule has 2 fully saturated rings. The van der Waals surface area contributed by atoms with Gasteiger partial charge in [-0.05, 0) is 5.57 Å². The summed E-state index contributed by atoms with van der Waals surface area (Å²) < 4.78 is 0. The Morgan fingerprint density at radius 1 is 1.53 bits per heavy atom. The Kier molecular flexibility index (Phi) is 6.95. The molecule has 0 aromatic carbocycles. The van der Waals surface area contributed by atoms with Crippen molar-refractivity contribution in [2.75, 3.05) is 11.6 Å². The Hall–Kier alpha value is -2.64. The lowest BCUT2D eigenvalue weighted by Crippen LogP contribution is -2.74. The number of carboxylic acids is 1. The molecule has 0 aliphatic carbocycles. The first-order valence-corrected chi connectivity index (χ1v) is 10.9. The summed E-state index contributed by atoms with van der Waals surface area (Å²) in [4.78, 5) is 57.7. The number of alkyl halides is 1. The molecule has 2 saturated heterocycles. The normalized spacial score (nSPS) is 24.0. The molecule has 3 amide bonds. The fourth-order valence-electron chi connectivity index (χ4n) is 2.85. The molecule has 3 rings (SSSR count). The molecule has 2 aliphatic rings. The van der Waals surface area contributed by atoms with Crippen molar-refractivity contribution in [1.29, 1.82) is 0 Å². The summed E-state index contributed by atoms with van der Waals surface area (Å²) in [7, 11) is 0. The number of aliphatic carboxylic acids is 1. The number of fused-ring (bicyclic) bond motifs is 1. The zero-order valence-corrected chi connectivity index (χ0v) is 17.6. The summed E-state index contributed by atoms with van der Waals surface area (Å²) in [5, 5.41) is 18.9. The molecule has 3 heterocycles. The first-order valence-electron chi connectivity index (χ1n) is 8.40. The summed E-state index contributed by atoms with van der Waals surface area (Å²) in [5.41, 5.74) is 2.33. The van der Waals surface area contributed by atoms with Crippen LogP contribution in [0.1, 0.15) is 11.9 Å². The number of carbonyl (C=O) groups excluding carboxylic acids is 3. The maximum atomic E-state index is 12.3. The molecule has 4 atom stereocenters. The number of amides is 3. The van der Waals surface area contributed by atoms with Crippen LogP contribution in [0.25, 0.3) is 0 Å². The Labute approximate surface area is 183 Å². The van der Waals surface area contributed by atoms with E-state index in [4.69, 9.17) is 16.4 Å². The van der Waals surface area contributed by atoms with Gasteiger partial charge >= 0.3 is 5.97 Å². The Balaban J connectivity index is 1.57. The van der Waals surface area contributed by atoms with E-state index in [2.05, 4.69) is 27.4 Å². The van der Waals surface area contributed by atoms with E-state index in [-0.39, 0.29) is 5.88 Å². The molecule has 2 aliphatic heterocycles. The number of aromatic nitrogens is 1. The summed E-state index contributed by atoms with van der Waals surface area (Å²) in [6.07, 6.45) is -0.230. The predicted molar refractivity (Wildman–Crippen MR) is 109 cm³/mol. The van der Waals surface area contributed by atoms with Crippen LogP contribution in [0.2, 0.25) is 0 Å². The highest BCUT2D eigenvalue weighted by Crippen LogP contribution is 2.39. The molecule has 1 aromatic heterocycles. The van der Waals surface area contributed by atoms with Crippen LogP contribution in [0, 0.1) is 0 Å². The number of thioether (sulfide) groups is 1. The van der Waals surface area contributed by atoms with Crippen LogP contribution in [-0.4, -0.2) is 74.0 Å². The average Bonchev–Trinajstić information content (AvgIpc) is 3.25. The van der Waals surface area contributed by atoms with Crippen LogP contribution in [0.3, 0.4) is 0 Å². The monoisotopic (exact) mass is 473 g/mol. The highest BCUT2D eigenvalue weighted by molar-refractivity contribution is 8.00. The molecule has 14 heteroatoms. The minimum absolute atomic E-state index is 0.294. The number of oxime groups is 1. The summed E-state index contributed by atoms with van der Waals surface area (Å²) >= 11 is 8.05.